The third-order valence-corrected chi connectivity index (χ3v) is 4.72. The Morgan fingerprint density at radius 1 is 0.793 bits per heavy atom. The monoisotopic (exact) mass is 388 g/mol. The maximum Gasteiger partial charge on any atom is -0.0158 e. The van der Waals surface area contributed by atoms with Gasteiger partial charge in [0.1, 0.15) is 0 Å². The summed E-state index contributed by atoms with van der Waals surface area (Å²) in [4.78, 5) is 0. The summed E-state index contributed by atoms with van der Waals surface area (Å²) < 4.78 is 0. The predicted molar refractivity (Wildman–Crippen MR) is 135 cm³/mol. The summed E-state index contributed by atoms with van der Waals surface area (Å²) in [5, 5.41) is 0. The Labute approximate surface area is 180 Å². The summed E-state index contributed by atoms with van der Waals surface area (Å²) in [6, 6.07) is 12.9. The third-order valence-electron chi connectivity index (χ3n) is 4.72. The first-order valence-electron chi connectivity index (χ1n) is 10.5. The van der Waals surface area contributed by atoms with Crippen molar-refractivity contribution in [1.29, 1.82) is 0 Å². The minimum atomic E-state index is 1.08. The fourth-order valence-corrected chi connectivity index (χ4v) is 2.71. The number of rotatable bonds is 4. The van der Waals surface area contributed by atoms with E-state index in [2.05, 4.69) is 90.3 Å². The largest absolute Gasteiger partial charge is 0.0955 e. The van der Waals surface area contributed by atoms with Gasteiger partial charge in [0.05, 0.1) is 0 Å². The Morgan fingerprint density at radius 2 is 1.41 bits per heavy atom. The molecule has 2 rings (SSSR count). The predicted octanol–water partition coefficient (Wildman–Crippen LogP) is 9.20. The van der Waals surface area contributed by atoms with E-state index in [1.165, 1.54) is 39.0 Å². The molecule has 0 bridgehead atoms. The highest BCUT2D eigenvalue weighted by atomic mass is 14.1. The average Bonchev–Trinajstić information content (AvgIpc) is 2.70. The van der Waals surface area contributed by atoms with E-state index in [-0.39, 0.29) is 0 Å². The summed E-state index contributed by atoms with van der Waals surface area (Å²) in [7, 11) is 0. The minimum absolute atomic E-state index is 1.08. The van der Waals surface area contributed by atoms with Gasteiger partial charge < -0.3 is 0 Å². The number of benzene rings is 2. The molecule has 0 aromatic heterocycles. The van der Waals surface area contributed by atoms with Gasteiger partial charge >= 0.3 is 0 Å². The molecule has 0 aliphatic carbocycles. The lowest BCUT2D eigenvalue weighted by molar-refractivity contribution is 1.30. The number of hydrogen-bond acceptors (Lipinski definition) is 0. The van der Waals surface area contributed by atoms with Gasteiger partial charge in [0.25, 0.3) is 0 Å². The first-order chi connectivity index (χ1) is 13.7. The van der Waals surface area contributed by atoms with Crippen LogP contribution in [0.5, 0.6) is 0 Å². The van der Waals surface area contributed by atoms with Crippen LogP contribution in [0.4, 0.5) is 0 Å². The van der Waals surface area contributed by atoms with E-state index in [9.17, 15) is 0 Å². The Hall–Kier alpha value is -2.60. The van der Waals surface area contributed by atoms with E-state index in [4.69, 9.17) is 0 Å². The molecular weight excluding hydrogens is 348 g/mol. The molecule has 0 amide bonds. The number of aryl methyl sites for hydroxylation is 4. The van der Waals surface area contributed by atoms with E-state index in [1.807, 2.05) is 39.8 Å². The van der Waals surface area contributed by atoms with Gasteiger partial charge in [-0.1, -0.05) is 92.8 Å². The highest BCUT2D eigenvalue weighted by molar-refractivity contribution is 5.80. The zero-order chi connectivity index (χ0) is 22.6. The molecule has 0 fully saturated rings. The molecule has 2 aromatic rings. The second-order valence-corrected chi connectivity index (χ2v) is 7.25. The van der Waals surface area contributed by atoms with Crippen LogP contribution >= 0.6 is 0 Å². The number of hydrogen-bond donors (Lipinski definition) is 0. The van der Waals surface area contributed by atoms with E-state index in [1.54, 1.807) is 0 Å². The lowest BCUT2D eigenvalue weighted by Gasteiger charge is -2.11. The molecule has 0 N–H and O–H groups in total. The summed E-state index contributed by atoms with van der Waals surface area (Å²) in [6.07, 6.45) is 6.15. The van der Waals surface area contributed by atoms with Crippen molar-refractivity contribution in [3.8, 4) is 0 Å². The van der Waals surface area contributed by atoms with Crippen molar-refractivity contribution in [2.24, 2.45) is 0 Å². The van der Waals surface area contributed by atoms with Gasteiger partial charge in [0.2, 0.25) is 0 Å². The Balaban J connectivity index is 0.000000595. The molecule has 0 saturated heterocycles. The second-order valence-electron chi connectivity index (χ2n) is 7.25. The van der Waals surface area contributed by atoms with E-state index >= 15 is 0 Å². The van der Waals surface area contributed by atoms with Gasteiger partial charge in [-0.2, -0.15) is 0 Å². The van der Waals surface area contributed by atoms with Crippen molar-refractivity contribution in [3.05, 3.63) is 107 Å². The topological polar surface area (TPSA) is 0 Å². The molecule has 0 saturated carbocycles. The molecule has 0 heterocycles. The second kappa shape index (κ2) is 13.6. The van der Waals surface area contributed by atoms with Crippen LogP contribution in [0.2, 0.25) is 0 Å². The molecule has 156 valence electrons. The maximum absolute atomic E-state index is 4.19. The summed E-state index contributed by atoms with van der Waals surface area (Å²) in [5.74, 6) is 0. The van der Waals surface area contributed by atoms with Crippen molar-refractivity contribution < 1.29 is 0 Å². The van der Waals surface area contributed by atoms with Crippen LogP contribution < -0.4 is 0 Å². The summed E-state index contributed by atoms with van der Waals surface area (Å²) in [6.45, 7) is 26.8. The zero-order valence-corrected chi connectivity index (χ0v) is 20.1. The first kappa shape index (κ1) is 26.4. The van der Waals surface area contributed by atoms with Crippen molar-refractivity contribution in [2.75, 3.05) is 0 Å². The number of allylic oxidation sites excluding steroid dienone is 6. The minimum Gasteiger partial charge on any atom is -0.0955 e. The molecule has 2 aromatic carbocycles. The highest BCUT2D eigenvalue weighted by Gasteiger charge is 2.05. The quantitative estimate of drug-likeness (QED) is 0.458. The maximum atomic E-state index is 4.19. The molecule has 0 unspecified atom stereocenters. The fourth-order valence-electron chi connectivity index (χ4n) is 2.71. The van der Waals surface area contributed by atoms with Gasteiger partial charge in [0, 0.05) is 0 Å². The smallest absolute Gasteiger partial charge is 0.0158 e. The molecule has 0 aliphatic rings. The standard InChI is InChI=1S/C18H22.C9H12.C2H6/c1-7-8-9-14(4)16(6)18-11-10-17(13(2)3)12-15(18)5;1-7-4-5-8(2)9(3)6-7;1-2/h7-12H,2,6H2,1,3-5H3;4-6H,1-3H3;1-2H3/b8-7-,14-9-;;. The van der Waals surface area contributed by atoms with Gasteiger partial charge in [-0.05, 0) is 87.4 Å². The molecule has 0 radical (unpaired) electrons. The Morgan fingerprint density at radius 3 is 1.86 bits per heavy atom. The van der Waals surface area contributed by atoms with Crippen LogP contribution in [0.3, 0.4) is 0 Å². The fraction of sp³-hybridized carbons (Fsp3) is 0.310. The molecule has 0 atom stereocenters. The van der Waals surface area contributed by atoms with Crippen LogP contribution in [0.25, 0.3) is 11.1 Å². The lowest BCUT2D eigenvalue weighted by Crippen LogP contribution is -1.91. The SMILES string of the molecule is C=C(C)c1ccc(C(=C)/C(C)=C\C=C/C)c(C)c1.CC.Cc1ccc(C)c(C)c1. The molecule has 0 aliphatic heterocycles. The lowest BCUT2D eigenvalue weighted by atomic mass is 9.93. The normalized spacial score (nSPS) is 10.6. The van der Waals surface area contributed by atoms with Gasteiger partial charge in [-0.15, -0.1) is 0 Å². The molecule has 0 heteroatoms. The van der Waals surface area contributed by atoms with Crippen LogP contribution in [-0.2, 0) is 0 Å². The molecular formula is C29H40. The van der Waals surface area contributed by atoms with Crippen LogP contribution in [0.15, 0.2) is 73.4 Å². The van der Waals surface area contributed by atoms with Gasteiger partial charge in [0.15, 0.2) is 0 Å². The van der Waals surface area contributed by atoms with E-state index in [0.717, 1.165) is 11.1 Å². The summed E-state index contributed by atoms with van der Waals surface area (Å²) >= 11 is 0. The first-order valence-corrected chi connectivity index (χ1v) is 10.5. The van der Waals surface area contributed by atoms with Gasteiger partial charge in [-0.3, -0.25) is 0 Å². The molecule has 29 heavy (non-hydrogen) atoms. The van der Waals surface area contributed by atoms with Crippen molar-refractivity contribution >= 4 is 11.1 Å². The summed E-state index contributed by atoms with van der Waals surface area (Å²) in [5.41, 5.74) is 11.1. The van der Waals surface area contributed by atoms with E-state index in [0.29, 0.717) is 0 Å². The van der Waals surface area contributed by atoms with Crippen LogP contribution in [-0.4, -0.2) is 0 Å². The average molecular weight is 389 g/mol. The van der Waals surface area contributed by atoms with Crippen molar-refractivity contribution in [3.63, 3.8) is 0 Å². The van der Waals surface area contributed by atoms with Gasteiger partial charge in [-0.25, -0.2) is 0 Å². The highest BCUT2D eigenvalue weighted by Crippen LogP contribution is 2.26. The van der Waals surface area contributed by atoms with Crippen LogP contribution in [0, 0.1) is 27.7 Å². The van der Waals surface area contributed by atoms with Crippen LogP contribution in [0.1, 0.15) is 68.0 Å². The molecule has 0 nitrogen and oxygen atoms in total. The van der Waals surface area contributed by atoms with Crippen molar-refractivity contribution in [1.82, 2.24) is 0 Å². The van der Waals surface area contributed by atoms with E-state index < -0.39 is 0 Å². The Kier molecular flexibility index (Phi) is 12.3. The zero-order valence-electron chi connectivity index (χ0n) is 20.1. The molecule has 0 spiro atoms. The third kappa shape index (κ3) is 8.96. The van der Waals surface area contributed by atoms with Crippen molar-refractivity contribution in [2.45, 2.75) is 62.3 Å². The Bertz CT molecular complexity index is 873.